The predicted molar refractivity (Wildman–Crippen MR) is 113 cm³/mol. The van der Waals surface area contributed by atoms with Gasteiger partial charge in [-0.2, -0.15) is 0 Å². The molecule has 2 amide bonds. The molecule has 0 spiro atoms. The molecule has 0 aliphatic heterocycles. The lowest BCUT2D eigenvalue weighted by Gasteiger charge is -2.35. The Kier molecular flexibility index (Phi) is 6.47. The first-order valence-electron chi connectivity index (χ1n) is 9.98. The summed E-state index contributed by atoms with van der Waals surface area (Å²) in [4.78, 5) is 25.1. The highest BCUT2D eigenvalue weighted by Gasteiger charge is 2.33. The Labute approximate surface area is 166 Å². The van der Waals surface area contributed by atoms with E-state index in [9.17, 15) is 9.59 Å². The van der Waals surface area contributed by atoms with E-state index < -0.39 is 0 Å². The molecular formula is C23H29N3O2. The fourth-order valence-corrected chi connectivity index (χ4v) is 3.92. The van der Waals surface area contributed by atoms with E-state index in [4.69, 9.17) is 5.73 Å². The molecule has 5 nitrogen and oxygen atoms in total. The van der Waals surface area contributed by atoms with E-state index in [1.54, 1.807) is 12.1 Å². The number of nitrogens with one attached hydrogen (secondary N) is 2. The molecule has 2 aromatic carbocycles. The average molecular weight is 380 g/mol. The van der Waals surface area contributed by atoms with Crippen LogP contribution in [0.2, 0.25) is 0 Å². The molecule has 0 bridgehead atoms. The van der Waals surface area contributed by atoms with Gasteiger partial charge in [0.15, 0.2) is 0 Å². The summed E-state index contributed by atoms with van der Waals surface area (Å²) in [5, 5.41) is 5.91. The molecule has 1 aliphatic carbocycles. The molecule has 3 rings (SSSR count). The molecule has 0 radical (unpaired) electrons. The Hall–Kier alpha value is -2.66. The maximum atomic E-state index is 12.7. The molecule has 1 saturated carbocycles. The largest absolute Gasteiger partial charge is 0.330 e. The standard InChI is InChI=1S/C23H29N3O2/c1-17-10-11-19(25-22(28)18-8-4-2-5-9-18)14-20(17)26-21(27)15-23(16-24)12-6-3-7-13-23/h2,4-5,8-11,14H,3,6-7,12-13,15-16,24H2,1H3,(H,25,28)(H,26,27). The minimum atomic E-state index is -0.175. The van der Waals surface area contributed by atoms with Crippen LogP contribution in [0, 0.1) is 12.3 Å². The number of aryl methyl sites for hydroxylation is 1. The normalized spacial score (nSPS) is 15.6. The van der Waals surface area contributed by atoms with Gasteiger partial charge in [-0.05, 0) is 61.6 Å². The second-order valence-electron chi connectivity index (χ2n) is 7.84. The predicted octanol–water partition coefficient (Wildman–Crippen LogP) is 4.49. The summed E-state index contributed by atoms with van der Waals surface area (Å²) in [7, 11) is 0. The van der Waals surface area contributed by atoms with Gasteiger partial charge in [-0.15, -0.1) is 0 Å². The monoisotopic (exact) mass is 379 g/mol. The molecule has 0 atom stereocenters. The summed E-state index contributed by atoms with van der Waals surface area (Å²) in [6, 6.07) is 14.6. The highest BCUT2D eigenvalue weighted by Crippen LogP contribution is 2.38. The minimum Gasteiger partial charge on any atom is -0.330 e. The van der Waals surface area contributed by atoms with Crippen LogP contribution in [0.1, 0.15) is 54.4 Å². The quantitative estimate of drug-likeness (QED) is 0.691. The van der Waals surface area contributed by atoms with Crippen molar-refractivity contribution in [2.45, 2.75) is 45.4 Å². The lowest BCUT2D eigenvalue weighted by atomic mass is 9.71. The van der Waals surface area contributed by atoms with Crippen LogP contribution in [0.25, 0.3) is 0 Å². The first-order valence-corrected chi connectivity index (χ1v) is 9.98. The van der Waals surface area contributed by atoms with Gasteiger partial charge in [0.25, 0.3) is 5.91 Å². The van der Waals surface area contributed by atoms with E-state index in [0.717, 1.165) is 36.9 Å². The van der Waals surface area contributed by atoms with Gasteiger partial charge in [-0.25, -0.2) is 0 Å². The second-order valence-corrected chi connectivity index (χ2v) is 7.84. The summed E-state index contributed by atoms with van der Waals surface area (Å²) in [5.41, 5.74) is 8.87. The zero-order valence-electron chi connectivity index (χ0n) is 16.5. The van der Waals surface area contributed by atoms with Crippen molar-refractivity contribution in [1.29, 1.82) is 0 Å². The van der Waals surface area contributed by atoms with Gasteiger partial charge in [-0.1, -0.05) is 43.5 Å². The molecule has 5 heteroatoms. The fourth-order valence-electron chi connectivity index (χ4n) is 3.92. The van der Waals surface area contributed by atoms with Crippen LogP contribution < -0.4 is 16.4 Å². The third kappa shape index (κ3) is 4.98. The number of rotatable bonds is 6. The van der Waals surface area contributed by atoms with Gasteiger partial charge < -0.3 is 16.4 Å². The van der Waals surface area contributed by atoms with Gasteiger partial charge in [0.1, 0.15) is 0 Å². The molecule has 1 fully saturated rings. The van der Waals surface area contributed by atoms with Crippen molar-refractivity contribution in [3.8, 4) is 0 Å². The SMILES string of the molecule is Cc1ccc(NC(=O)c2ccccc2)cc1NC(=O)CC1(CN)CCCCC1. The third-order valence-electron chi connectivity index (χ3n) is 5.69. The summed E-state index contributed by atoms with van der Waals surface area (Å²) >= 11 is 0. The molecule has 0 unspecified atom stereocenters. The molecule has 148 valence electrons. The Morgan fingerprint density at radius 3 is 2.39 bits per heavy atom. The van der Waals surface area contributed by atoms with Crippen molar-refractivity contribution in [2.75, 3.05) is 17.2 Å². The highest BCUT2D eigenvalue weighted by atomic mass is 16.2. The van der Waals surface area contributed by atoms with E-state index in [1.807, 2.05) is 43.3 Å². The fraction of sp³-hybridized carbons (Fsp3) is 0.391. The second kappa shape index (κ2) is 9.02. The number of benzene rings is 2. The molecule has 4 N–H and O–H groups in total. The first kappa shape index (κ1) is 20.1. The van der Waals surface area contributed by atoms with Crippen molar-refractivity contribution in [1.82, 2.24) is 0 Å². The minimum absolute atomic E-state index is 0.0121. The Balaban J connectivity index is 1.67. The molecule has 0 saturated heterocycles. The Bertz CT molecular complexity index is 827. The van der Waals surface area contributed by atoms with Crippen LogP contribution in [-0.2, 0) is 4.79 Å². The molecule has 28 heavy (non-hydrogen) atoms. The van der Waals surface area contributed by atoms with E-state index in [2.05, 4.69) is 10.6 Å². The third-order valence-corrected chi connectivity index (χ3v) is 5.69. The zero-order valence-corrected chi connectivity index (χ0v) is 16.5. The molecular weight excluding hydrogens is 350 g/mol. The highest BCUT2D eigenvalue weighted by molar-refractivity contribution is 6.04. The van der Waals surface area contributed by atoms with Crippen LogP contribution in [-0.4, -0.2) is 18.4 Å². The van der Waals surface area contributed by atoms with Crippen molar-refractivity contribution >= 4 is 23.2 Å². The summed E-state index contributed by atoms with van der Waals surface area (Å²) in [6.45, 7) is 2.49. The maximum absolute atomic E-state index is 12.7. The zero-order chi connectivity index (χ0) is 20.0. The average Bonchev–Trinajstić information content (AvgIpc) is 2.71. The summed E-state index contributed by atoms with van der Waals surface area (Å²) in [6.07, 6.45) is 6.00. The van der Waals surface area contributed by atoms with Gasteiger partial charge in [-0.3, -0.25) is 9.59 Å². The smallest absolute Gasteiger partial charge is 0.255 e. The van der Waals surface area contributed by atoms with Crippen LogP contribution in [0.3, 0.4) is 0 Å². The number of hydrogen-bond acceptors (Lipinski definition) is 3. The summed E-state index contributed by atoms with van der Waals surface area (Å²) in [5.74, 6) is -0.187. The first-order chi connectivity index (χ1) is 13.5. The van der Waals surface area contributed by atoms with E-state index in [1.165, 1.54) is 6.42 Å². The maximum Gasteiger partial charge on any atom is 0.255 e. The van der Waals surface area contributed by atoms with E-state index >= 15 is 0 Å². The number of amides is 2. The lowest BCUT2D eigenvalue weighted by molar-refractivity contribution is -0.118. The van der Waals surface area contributed by atoms with Gasteiger partial charge >= 0.3 is 0 Å². The van der Waals surface area contributed by atoms with Crippen molar-refractivity contribution in [3.05, 3.63) is 59.7 Å². The van der Waals surface area contributed by atoms with Crippen molar-refractivity contribution < 1.29 is 9.59 Å². The van der Waals surface area contributed by atoms with Crippen LogP contribution in [0.5, 0.6) is 0 Å². The molecule has 0 heterocycles. The lowest BCUT2D eigenvalue weighted by Crippen LogP contribution is -2.36. The van der Waals surface area contributed by atoms with Gasteiger partial charge in [0.2, 0.25) is 5.91 Å². The van der Waals surface area contributed by atoms with Crippen LogP contribution >= 0.6 is 0 Å². The number of carbonyl (C=O) groups is 2. The summed E-state index contributed by atoms with van der Waals surface area (Å²) < 4.78 is 0. The van der Waals surface area contributed by atoms with Gasteiger partial charge in [0, 0.05) is 23.4 Å². The van der Waals surface area contributed by atoms with E-state index in [0.29, 0.717) is 24.2 Å². The Morgan fingerprint density at radius 2 is 1.71 bits per heavy atom. The van der Waals surface area contributed by atoms with Gasteiger partial charge in [0.05, 0.1) is 0 Å². The van der Waals surface area contributed by atoms with E-state index in [-0.39, 0.29) is 17.2 Å². The topological polar surface area (TPSA) is 84.2 Å². The molecule has 1 aliphatic rings. The van der Waals surface area contributed by atoms with Crippen molar-refractivity contribution in [3.63, 3.8) is 0 Å². The molecule has 0 aromatic heterocycles. The number of nitrogens with two attached hydrogens (primary N) is 1. The number of carbonyl (C=O) groups excluding carboxylic acids is 2. The number of anilines is 2. The van der Waals surface area contributed by atoms with Crippen molar-refractivity contribution in [2.24, 2.45) is 11.1 Å². The molecule has 2 aromatic rings. The Morgan fingerprint density at radius 1 is 1.00 bits per heavy atom. The number of hydrogen-bond donors (Lipinski definition) is 3. The van der Waals surface area contributed by atoms with Crippen LogP contribution in [0.15, 0.2) is 48.5 Å². The van der Waals surface area contributed by atoms with Crippen LogP contribution in [0.4, 0.5) is 11.4 Å².